The molecule has 18 heavy (non-hydrogen) atoms. The van der Waals surface area contributed by atoms with Crippen LogP contribution < -0.4 is 5.73 Å². The number of nitrogen functional groups attached to an aromatic ring is 1. The highest BCUT2D eigenvalue weighted by molar-refractivity contribution is 5.90. The number of aryl methyl sites for hydroxylation is 1. The molecule has 0 bridgehead atoms. The molecule has 0 saturated carbocycles. The van der Waals surface area contributed by atoms with Crippen LogP contribution in [0.1, 0.15) is 32.0 Å². The molecule has 0 aliphatic carbocycles. The highest BCUT2D eigenvalue weighted by atomic mass is 15.1. The van der Waals surface area contributed by atoms with E-state index in [0.29, 0.717) is 17.7 Å². The molecule has 2 aromatic rings. The zero-order valence-electron chi connectivity index (χ0n) is 11.9. The van der Waals surface area contributed by atoms with E-state index < -0.39 is 0 Å². The summed E-state index contributed by atoms with van der Waals surface area (Å²) in [4.78, 5) is 8.50. The summed E-state index contributed by atoms with van der Waals surface area (Å²) in [5.74, 6) is 1.84. The van der Waals surface area contributed by atoms with Crippen molar-refractivity contribution in [2.45, 2.75) is 41.2 Å². The topological polar surface area (TPSA) is 56.7 Å². The Morgan fingerprint density at radius 3 is 2.50 bits per heavy atom. The van der Waals surface area contributed by atoms with Crippen molar-refractivity contribution in [3.63, 3.8) is 0 Å². The number of nitrogens with two attached hydrogens (primary N) is 1. The Morgan fingerprint density at radius 1 is 1.22 bits per heavy atom. The number of fused-ring (bicyclic) bond motifs is 1. The Bertz CT molecular complexity index is 569. The van der Waals surface area contributed by atoms with E-state index in [4.69, 9.17) is 5.73 Å². The van der Waals surface area contributed by atoms with Crippen molar-refractivity contribution in [1.29, 1.82) is 0 Å². The monoisotopic (exact) mass is 246 g/mol. The van der Waals surface area contributed by atoms with Crippen LogP contribution in [0.5, 0.6) is 0 Å². The lowest BCUT2D eigenvalue weighted by atomic mass is 9.98. The predicted octanol–water partition coefficient (Wildman–Crippen LogP) is 2.92. The molecule has 2 heterocycles. The summed E-state index contributed by atoms with van der Waals surface area (Å²) in [6.07, 6.45) is 1.55. The average molecular weight is 246 g/mol. The minimum atomic E-state index is 0.580. The van der Waals surface area contributed by atoms with Crippen LogP contribution in [0.2, 0.25) is 0 Å². The van der Waals surface area contributed by atoms with Crippen LogP contribution in [0.25, 0.3) is 11.0 Å². The third kappa shape index (κ3) is 1.96. The molecule has 0 aliphatic rings. The fourth-order valence-corrected chi connectivity index (χ4v) is 2.22. The maximum atomic E-state index is 5.97. The van der Waals surface area contributed by atoms with Crippen molar-refractivity contribution >= 4 is 16.9 Å². The van der Waals surface area contributed by atoms with E-state index in [1.807, 2.05) is 0 Å². The second-order valence-electron chi connectivity index (χ2n) is 5.50. The number of nitrogens with zero attached hydrogens (tertiary/aromatic N) is 3. The number of aromatic nitrogens is 3. The summed E-state index contributed by atoms with van der Waals surface area (Å²) in [5.41, 5.74) is 9.36. The Kier molecular flexibility index (Phi) is 3.28. The van der Waals surface area contributed by atoms with Gasteiger partial charge in [-0.1, -0.05) is 20.8 Å². The molecular formula is C14H22N4. The summed E-state index contributed by atoms with van der Waals surface area (Å²) >= 11 is 0. The normalized spacial score (nSPS) is 13.4. The number of hydrogen-bond acceptors (Lipinski definition) is 3. The maximum absolute atomic E-state index is 5.97. The third-order valence-electron chi connectivity index (χ3n) is 4.04. The predicted molar refractivity (Wildman–Crippen MR) is 75.4 cm³/mol. The summed E-state index contributed by atoms with van der Waals surface area (Å²) in [6, 6.07) is 0. The first kappa shape index (κ1) is 12.9. The maximum Gasteiger partial charge on any atom is 0.145 e. The second-order valence-corrected chi connectivity index (χ2v) is 5.50. The molecule has 0 fully saturated rings. The van der Waals surface area contributed by atoms with Gasteiger partial charge in [0.2, 0.25) is 0 Å². The van der Waals surface area contributed by atoms with Gasteiger partial charge in [-0.3, -0.25) is 0 Å². The van der Waals surface area contributed by atoms with Crippen LogP contribution in [-0.2, 0) is 6.54 Å². The van der Waals surface area contributed by atoms with E-state index in [1.165, 1.54) is 11.3 Å². The molecular weight excluding hydrogens is 224 g/mol. The largest absolute Gasteiger partial charge is 0.383 e. The Balaban J connectivity index is 2.57. The molecule has 2 N–H and O–H groups in total. The average Bonchev–Trinajstić information content (AvgIpc) is 2.55. The molecule has 98 valence electrons. The number of anilines is 1. The minimum absolute atomic E-state index is 0.580. The highest BCUT2D eigenvalue weighted by Gasteiger charge is 2.17. The first-order valence-corrected chi connectivity index (χ1v) is 6.49. The summed E-state index contributed by atoms with van der Waals surface area (Å²) in [5, 5.41) is 1.01. The Hall–Kier alpha value is -1.58. The Morgan fingerprint density at radius 2 is 1.89 bits per heavy atom. The van der Waals surface area contributed by atoms with Crippen LogP contribution in [0.3, 0.4) is 0 Å². The van der Waals surface area contributed by atoms with E-state index in [-0.39, 0.29) is 0 Å². The van der Waals surface area contributed by atoms with Crippen molar-refractivity contribution < 1.29 is 0 Å². The van der Waals surface area contributed by atoms with Gasteiger partial charge in [-0.25, -0.2) is 9.97 Å². The van der Waals surface area contributed by atoms with Crippen molar-refractivity contribution in [1.82, 2.24) is 14.5 Å². The molecule has 0 aliphatic heterocycles. The van der Waals surface area contributed by atoms with Crippen LogP contribution in [0, 0.1) is 25.7 Å². The summed E-state index contributed by atoms with van der Waals surface area (Å²) < 4.78 is 2.27. The number of rotatable bonds is 3. The first-order chi connectivity index (χ1) is 8.43. The lowest BCUT2D eigenvalue weighted by Crippen LogP contribution is -2.14. The molecule has 0 aromatic carbocycles. The highest BCUT2D eigenvalue weighted by Crippen LogP contribution is 2.28. The van der Waals surface area contributed by atoms with Crippen molar-refractivity contribution in [3.8, 4) is 0 Å². The van der Waals surface area contributed by atoms with Gasteiger partial charge >= 0.3 is 0 Å². The molecule has 4 heteroatoms. The van der Waals surface area contributed by atoms with E-state index in [9.17, 15) is 0 Å². The molecule has 0 spiro atoms. The zero-order valence-corrected chi connectivity index (χ0v) is 11.9. The Labute approximate surface area is 108 Å². The zero-order chi connectivity index (χ0) is 13.4. The van der Waals surface area contributed by atoms with E-state index >= 15 is 0 Å². The molecule has 0 saturated heterocycles. The van der Waals surface area contributed by atoms with Crippen LogP contribution in [-0.4, -0.2) is 14.5 Å². The van der Waals surface area contributed by atoms with Crippen LogP contribution in [0.15, 0.2) is 6.33 Å². The smallest absolute Gasteiger partial charge is 0.145 e. The molecule has 0 amide bonds. The third-order valence-corrected chi connectivity index (χ3v) is 4.04. The van der Waals surface area contributed by atoms with Gasteiger partial charge in [-0.2, -0.15) is 0 Å². The minimum Gasteiger partial charge on any atom is -0.383 e. The van der Waals surface area contributed by atoms with Crippen LogP contribution >= 0.6 is 0 Å². The quantitative estimate of drug-likeness (QED) is 0.906. The number of hydrogen-bond donors (Lipinski definition) is 1. The van der Waals surface area contributed by atoms with Gasteiger partial charge in [0, 0.05) is 12.2 Å². The van der Waals surface area contributed by atoms with Gasteiger partial charge in [0.1, 0.15) is 17.8 Å². The molecule has 1 atom stereocenters. The summed E-state index contributed by atoms with van der Waals surface area (Å²) in [7, 11) is 0. The molecule has 2 aromatic heterocycles. The molecule has 0 radical (unpaired) electrons. The van der Waals surface area contributed by atoms with Crippen molar-refractivity contribution in [3.05, 3.63) is 17.6 Å². The van der Waals surface area contributed by atoms with Gasteiger partial charge in [0.25, 0.3) is 0 Å². The van der Waals surface area contributed by atoms with E-state index in [0.717, 1.165) is 17.6 Å². The lowest BCUT2D eigenvalue weighted by molar-refractivity contribution is 0.366. The fourth-order valence-electron chi connectivity index (χ4n) is 2.22. The first-order valence-electron chi connectivity index (χ1n) is 6.49. The van der Waals surface area contributed by atoms with Gasteiger partial charge < -0.3 is 10.3 Å². The molecule has 4 nitrogen and oxygen atoms in total. The molecule has 2 rings (SSSR count). The standard InChI is InChI=1S/C14H22N4/c1-8(2)9(3)6-18-11(5)10(4)12-13(15)16-7-17-14(12)18/h7-9H,6H2,1-5H3,(H2,15,16,17). The van der Waals surface area contributed by atoms with E-state index in [1.54, 1.807) is 6.33 Å². The van der Waals surface area contributed by atoms with Gasteiger partial charge in [0.05, 0.1) is 5.39 Å². The van der Waals surface area contributed by atoms with Crippen molar-refractivity contribution in [2.75, 3.05) is 5.73 Å². The SMILES string of the molecule is Cc1c(C)n(CC(C)C(C)C)c2ncnc(N)c12. The van der Waals surface area contributed by atoms with Crippen molar-refractivity contribution in [2.24, 2.45) is 11.8 Å². The second kappa shape index (κ2) is 4.59. The fraction of sp³-hybridized carbons (Fsp3) is 0.571. The van der Waals surface area contributed by atoms with Crippen LogP contribution in [0.4, 0.5) is 5.82 Å². The van der Waals surface area contributed by atoms with Gasteiger partial charge in [-0.05, 0) is 31.2 Å². The summed E-state index contributed by atoms with van der Waals surface area (Å²) in [6.45, 7) is 12.0. The van der Waals surface area contributed by atoms with E-state index in [2.05, 4.69) is 49.2 Å². The molecule has 1 unspecified atom stereocenters. The lowest BCUT2D eigenvalue weighted by Gasteiger charge is -2.18. The van der Waals surface area contributed by atoms with Gasteiger partial charge in [-0.15, -0.1) is 0 Å². The van der Waals surface area contributed by atoms with Gasteiger partial charge in [0.15, 0.2) is 0 Å².